The van der Waals surface area contributed by atoms with Crippen LogP contribution in [0.25, 0.3) is 11.3 Å². The highest BCUT2D eigenvalue weighted by molar-refractivity contribution is 9.10. The summed E-state index contributed by atoms with van der Waals surface area (Å²) in [6.07, 6.45) is 1.62. The Kier molecular flexibility index (Phi) is 4.14. The Balaban J connectivity index is 2.33. The molecule has 1 aromatic carbocycles. The molecular weight excluding hydrogens is 299 g/mol. The van der Waals surface area contributed by atoms with E-state index in [1.54, 1.807) is 18.3 Å². The van der Waals surface area contributed by atoms with Crippen LogP contribution in [0.3, 0.4) is 0 Å². The number of halogens is 2. The maximum atomic E-state index is 13.8. The molecule has 3 nitrogen and oxygen atoms in total. The monoisotopic (exact) mass is 312 g/mol. The molecule has 0 unspecified atom stereocenters. The maximum Gasteiger partial charge on any atom is 0.174 e. The van der Waals surface area contributed by atoms with E-state index in [0.29, 0.717) is 23.9 Å². The summed E-state index contributed by atoms with van der Waals surface area (Å²) < 4.78 is 19.8. The van der Waals surface area contributed by atoms with Crippen molar-refractivity contribution >= 4 is 15.9 Å². The van der Waals surface area contributed by atoms with Gasteiger partial charge >= 0.3 is 0 Å². The average Bonchev–Trinajstić information content (AvgIpc) is 2.77. The predicted molar refractivity (Wildman–Crippen MR) is 71.6 cm³/mol. The fraction of sp³-hybridized carbons (Fsp3) is 0.308. The van der Waals surface area contributed by atoms with Crippen LogP contribution < -0.4 is 5.32 Å². The van der Waals surface area contributed by atoms with Crippen LogP contribution in [0.1, 0.15) is 19.4 Å². The number of aromatic nitrogens is 1. The number of benzene rings is 1. The fourth-order valence-electron chi connectivity index (χ4n) is 1.59. The average molecular weight is 313 g/mol. The molecule has 5 heteroatoms. The van der Waals surface area contributed by atoms with E-state index in [1.165, 1.54) is 6.07 Å². The van der Waals surface area contributed by atoms with Crippen molar-refractivity contribution in [3.63, 3.8) is 0 Å². The standard InChI is InChI=1S/C13H14BrFN2O/c1-8(2)16-6-9-7-17-18-13(9)11-5-10(14)3-4-12(11)15/h3-5,7-8,16H,6H2,1-2H3. The van der Waals surface area contributed by atoms with Crippen LogP contribution in [0.4, 0.5) is 4.39 Å². The van der Waals surface area contributed by atoms with E-state index < -0.39 is 0 Å². The van der Waals surface area contributed by atoms with Crippen LogP contribution in [-0.2, 0) is 6.54 Å². The minimum Gasteiger partial charge on any atom is -0.356 e. The first kappa shape index (κ1) is 13.2. The number of nitrogens with one attached hydrogen (secondary N) is 1. The van der Waals surface area contributed by atoms with Crippen molar-refractivity contribution in [1.82, 2.24) is 10.5 Å². The lowest BCUT2D eigenvalue weighted by molar-refractivity contribution is 0.428. The third-order valence-corrected chi connectivity index (χ3v) is 3.01. The molecule has 18 heavy (non-hydrogen) atoms. The van der Waals surface area contributed by atoms with Gasteiger partial charge in [0.1, 0.15) is 5.82 Å². The van der Waals surface area contributed by atoms with E-state index in [4.69, 9.17) is 4.52 Å². The zero-order valence-electron chi connectivity index (χ0n) is 10.2. The van der Waals surface area contributed by atoms with E-state index in [-0.39, 0.29) is 5.82 Å². The summed E-state index contributed by atoms with van der Waals surface area (Å²) in [6.45, 7) is 4.70. The summed E-state index contributed by atoms with van der Waals surface area (Å²) in [6, 6.07) is 5.09. The van der Waals surface area contributed by atoms with Gasteiger partial charge in [0.15, 0.2) is 5.76 Å². The Hall–Kier alpha value is -1.20. The van der Waals surface area contributed by atoms with Gasteiger partial charge in [0, 0.05) is 22.6 Å². The van der Waals surface area contributed by atoms with Crippen molar-refractivity contribution in [2.45, 2.75) is 26.4 Å². The first-order chi connectivity index (χ1) is 8.58. The van der Waals surface area contributed by atoms with Gasteiger partial charge in [-0.2, -0.15) is 0 Å². The fourth-order valence-corrected chi connectivity index (χ4v) is 1.95. The lowest BCUT2D eigenvalue weighted by Crippen LogP contribution is -2.21. The summed E-state index contributed by atoms with van der Waals surface area (Å²) in [5.74, 6) is 0.155. The Labute approximate surface area is 113 Å². The van der Waals surface area contributed by atoms with Crippen LogP contribution >= 0.6 is 15.9 Å². The molecule has 0 aliphatic rings. The van der Waals surface area contributed by atoms with Crippen molar-refractivity contribution in [3.8, 4) is 11.3 Å². The molecule has 96 valence electrons. The van der Waals surface area contributed by atoms with E-state index in [1.807, 2.05) is 13.8 Å². The van der Waals surface area contributed by atoms with Gasteiger partial charge in [0.05, 0.1) is 11.8 Å². The predicted octanol–water partition coefficient (Wildman–Crippen LogP) is 3.74. The molecule has 1 aromatic heterocycles. The van der Waals surface area contributed by atoms with E-state index in [2.05, 4.69) is 26.4 Å². The second-order valence-electron chi connectivity index (χ2n) is 4.34. The Bertz CT molecular complexity index is 540. The number of hydrogen-bond acceptors (Lipinski definition) is 3. The Morgan fingerprint density at radius 1 is 1.44 bits per heavy atom. The largest absolute Gasteiger partial charge is 0.356 e. The van der Waals surface area contributed by atoms with E-state index in [9.17, 15) is 4.39 Å². The number of nitrogens with zero attached hydrogens (tertiary/aromatic N) is 1. The molecule has 0 aliphatic carbocycles. The molecule has 0 radical (unpaired) electrons. The smallest absolute Gasteiger partial charge is 0.174 e. The maximum absolute atomic E-state index is 13.8. The summed E-state index contributed by atoms with van der Waals surface area (Å²) in [5, 5.41) is 7.01. The SMILES string of the molecule is CC(C)NCc1cnoc1-c1cc(Br)ccc1F. The van der Waals surface area contributed by atoms with Gasteiger partial charge in [-0.1, -0.05) is 34.9 Å². The Morgan fingerprint density at radius 3 is 2.94 bits per heavy atom. The minimum atomic E-state index is -0.319. The molecule has 2 aromatic rings. The van der Waals surface area contributed by atoms with Gasteiger partial charge in [0.2, 0.25) is 0 Å². The van der Waals surface area contributed by atoms with Crippen LogP contribution in [0.15, 0.2) is 33.4 Å². The molecule has 0 saturated carbocycles. The molecule has 0 amide bonds. The lowest BCUT2D eigenvalue weighted by atomic mass is 10.1. The highest BCUT2D eigenvalue weighted by Crippen LogP contribution is 2.28. The quantitative estimate of drug-likeness (QED) is 0.934. The lowest BCUT2D eigenvalue weighted by Gasteiger charge is -2.07. The second-order valence-corrected chi connectivity index (χ2v) is 5.26. The molecule has 0 fully saturated rings. The molecule has 2 rings (SSSR count). The molecule has 0 atom stereocenters. The summed E-state index contributed by atoms with van der Waals surface area (Å²) in [7, 11) is 0. The van der Waals surface area contributed by atoms with Crippen LogP contribution in [-0.4, -0.2) is 11.2 Å². The minimum absolute atomic E-state index is 0.319. The van der Waals surface area contributed by atoms with Gasteiger partial charge in [-0.15, -0.1) is 0 Å². The van der Waals surface area contributed by atoms with Crippen molar-refractivity contribution in [1.29, 1.82) is 0 Å². The third kappa shape index (κ3) is 2.97. The van der Waals surface area contributed by atoms with Gasteiger partial charge < -0.3 is 9.84 Å². The van der Waals surface area contributed by atoms with Crippen molar-refractivity contribution < 1.29 is 8.91 Å². The second kappa shape index (κ2) is 5.63. The van der Waals surface area contributed by atoms with Gasteiger partial charge in [-0.25, -0.2) is 4.39 Å². The molecule has 0 bridgehead atoms. The van der Waals surface area contributed by atoms with Crippen molar-refractivity contribution in [2.24, 2.45) is 0 Å². The van der Waals surface area contributed by atoms with Crippen molar-refractivity contribution in [3.05, 3.63) is 40.2 Å². The van der Waals surface area contributed by atoms with E-state index in [0.717, 1.165) is 10.0 Å². The topological polar surface area (TPSA) is 38.1 Å². The Morgan fingerprint density at radius 2 is 2.22 bits per heavy atom. The summed E-state index contributed by atoms with van der Waals surface area (Å²) in [5.41, 5.74) is 1.27. The van der Waals surface area contributed by atoms with Crippen LogP contribution in [0.2, 0.25) is 0 Å². The van der Waals surface area contributed by atoms with Crippen molar-refractivity contribution in [2.75, 3.05) is 0 Å². The van der Waals surface area contributed by atoms with Gasteiger partial charge in [-0.3, -0.25) is 0 Å². The van der Waals surface area contributed by atoms with Gasteiger partial charge in [0.25, 0.3) is 0 Å². The first-order valence-electron chi connectivity index (χ1n) is 5.70. The molecule has 0 saturated heterocycles. The number of hydrogen-bond donors (Lipinski definition) is 1. The summed E-state index contributed by atoms with van der Waals surface area (Å²) >= 11 is 3.32. The molecule has 1 heterocycles. The summed E-state index contributed by atoms with van der Waals surface area (Å²) in [4.78, 5) is 0. The first-order valence-corrected chi connectivity index (χ1v) is 6.49. The molecule has 1 N–H and O–H groups in total. The van der Waals surface area contributed by atoms with Gasteiger partial charge in [-0.05, 0) is 18.2 Å². The van der Waals surface area contributed by atoms with Crippen LogP contribution in [0.5, 0.6) is 0 Å². The molecule has 0 spiro atoms. The van der Waals surface area contributed by atoms with Crippen LogP contribution in [0, 0.1) is 5.82 Å². The zero-order chi connectivity index (χ0) is 13.1. The normalized spacial score (nSPS) is 11.2. The molecular formula is C13H14BrFN2O. The number of rotatable bonds is 4. The van der Waals surface area contributed by atoms with E-state index >= 15 is 0 Å². The highest BCUT2D eigenvalue weighted by atomic mass is 79.9. The highest BCUT2D eigenvalue weighted by Gasteiger charge is 2.15. The molecule has 0 aliphatic heterocycles. The zero-order valence-corrected chi connectivity index (χ0v) is 11.8. The third-order valence-electron chi connectivity index (χ3n) is 2.52.